The maximum Gasteiger partial charge on any atom is 0.306 e. The molecule has 0 amide bonds. The Morgan fingerprint density at radius 1 is 0.438 bits per heavy atom. The lowest BCUT2D eigenvalue weighted by Crippen LogP contribution is -3.17. The van der Waals surface area contributed by atoms with E-state index in [-0.39, 0.29) is 47.5 Å². The summed E-state index contributed by atoms with van der Waals surface area (Å²) >= 11 is 0. The molecule has 6 rings (SSSR count). The third kappa shape index (κ3) is 41.6. The Morgan fingerprint density at radius 3 is 1.03 bits per heavy atom. The van der Waals surface area contributed by atoms with Gasteiger partial charge in [0, 0.05) is 105 Å². The molecular formula is C91H153N7O13S+2. The minimum atomic E-state index is -4.35. The van der Waals surface area contributed by atoms with Crippen LogP contribution in [0.2, 0.25) is 0 Å². The van der Waals surface area contributed by atoms with E-state index in [1.165, 1.54) is 82.6 Å². The fraction of sp³-hybridized carbons (Fsp3) is 0.626. The van der Waals surface area contributed by atoms with Gasteiger partial charge in [-0.3, -0.25) is 24.0 Å². The normalized spacial score (nSPS) is 12.4. The van der Waals surface area contributed by atoms with E-state index in [1.807, 2.05) is 41.8 Å². The quantitative estimate of drug-likeness (QED) is 0.00909. The second kappa shape index (κ2) is 60.2. The number of carbonyl (C=O) groups is 3. The van der Waals surface area contributed by atoms with Gasteiger partial charge in [0.05, 0.1) is 85.6 Å². The lowest BCUT2D eigenvalue weighted by atomic mass is 9.80. The molecular weight excluding hydrogens is 1430 g/mol. The van der Waals surface area contributed by atoms with E-state index in [9.17, 15) is 42.0 Å². The fourth-order valence-electron chi connectivity index (χ4n) is 13.6. The van der Waals surface area contributed by atoms with Crippen molar-refractivity contribution in [2.75, 3.05) is 106 Å². The van der Waals surface area contributed by atoms with Crippen LogP contribution >= 0.6 is 0 Å². The average Bonchev–Trinajstić information content (AvgIpc) is 0.748. The van der Waals surface area contributed by atoms with E-state index in [0.29, 0.717) is 50.3 Å². The van der Waals surface area contributed by atoms with Crippen LogP contribution in [0.15, 0.2) is 136 Å². The maximum absolute atomic E-state index is 13.1. The summed E-state index contributed by atoms with van der Waals surface area (Å²) in [6.07, 6.45) is 21.0. The van der Waals surface area contributed by atoms with Gasteiger partial charge in [0.1, 0.15) is 13.1 Å². The van der Waals surface area contributed by atoms with Crippen LogP contribution in [0.5, 0.6) is 11.5 Å². The van der Waals surface area contributed by atoms with E-state index in [0.717, 1.165) is 106 Å². The highest BCUT2D eigenvalue weighted by Crippen LogP contribution is 2.38. The van der Waals surface area contributed by atoms with Gasteiger partial charge in [-0.15, -0.1) is 0 Å². The fourth-order valence-corrected chi connectivity index (χ4v) is 14.1. The highest BCUT2D eigenvalue weighted by molar-refractivity contribution is 7.85. The summed E-state index contributed by atoms with van der Waals surface area (Å²) in [6, 6.07) is 33.5. The molecule has 20 nitrogen and oxygen atoms in total. The van der Waals surface area contributed by atoms with Gasteiger partial charge in [-0.25, -0.2) is 13.0 Å². The van der Waals surface area contributed by atoms with Crippen molar-refractivity contribution in [3.05, 3.63) is 152 Å². The van der Waals surface area contributed by atoms with Crippen molar-refractivity contribution in [2.24, 2.45) is 0 Å². The topological polar surface area (TPSA) is 251 Å². The van der Waals surface area contributed by atoms with Gasteiger partial charge >= 0.3 is 11.9 Å². The Balaban J connectivity index is 0.00000147. The van der Waals surface area contributed by atoms with Crippen LogP contribution in [-0.4, -0.2) is 178 Å². The third-order valence-corrected chi connectivity index (χ3v) is 20.5. The summed E-state index contributed by atoms with van der Waals surface area (Å²) in [6.45, 7) is 60.2. The zero-order chi connectivity index (χ0) is 84.9. The molecule has 0 spiro atoms. The van der Waals surface area contributed by atoms with Crippen LogP contribution in [0.1, 0.15) is 254 Å². The van der Waals surface area contributed by atoms with E-state index in [2.05, 4.69) is 208 Å². The highest BCUT2D eigenvalue weighted by atomic mass is 32.2. The second-order valence-electron chi connectivity index (χ2n) is 30.4. The molecule has 0 saturated heterocycles. The summed E-state index contributed by atoms with van der Waals surface area (Å²) in [5.41, 5.74) is 3.87. The number of unbranched alkanes of at least 4 members (excludes halogenated alkanes) is 5. The summed E-state index contributed by atoms with van der Waals surface area (Å²) < 4.78 is 45.1. The van der Waals surface area contributed by atoms with Gasteiger partial charge < -0.3 is 58.7 Å². The van der Waals surface area contributed by atoms with Crippen molar-refractivity contribution in [1.29, 1.82) is 0 Å². The van der Waals surface area contributed by atoms with Crippen molar-refractivity contribution < 1.29 is 71.4 Å². The number of quaternary nitrogens is 3. The van der Waals surface area contributed by atoms with E-state index in [1.54, 1.807) is 45.9 Å². The molecule has 0 heterocycles. The number of ketones is 1. The largest absolute Gasteiger partial charge is 0.871 e. The standard InChI is InChI=1S/C33H44N2O7S.C16H25NO2.C14H23N.3C8H19N.C4H2O4/c1-4-7-20-34(21-8-5-2)27-16-12-25(13-17-27)30-32(37)31(33(30)38)26-14-18-28(19-15-26)35(23-10-24-43(39,40)41)22-9-11-29(36)42-6-3;1-3-5-13-17(15-10-7-6-8-11-15)14-9-12-16(18)19-4-2;1-3-5-12-15(13-6-4-2)14-10-8-7-9-11-14;3*1-6-9(7(2)3)8(4)5;5-1-2(6)4(8)3(1)7/h12-19H,4-11,20-24H2,1-3H3,(H-,37,38,39,40,41);6-8,10-11H,3-5,9,12-14H2,1-2H3;7-11H,3-6,12-13H2,1-2H3;3*7-8H,6H2,1-5H3;5-6H/p+2. The lowest BCUT2D eigenvalue weighted by molar-refractivity contribution is -0.940. The molecule has 0 atom stereocenters. The van der Waals surface area contributed by atoms with Crippen LogP contribution in [0.4, 0.5) is 17.1 Å². The van der Waals surface area contributed by atoms with Crippen LogP contribution in [0.25, 0.3) is 5.57 Å². The van der Waals surface area contributed by atoms with Crippen LogP contribution < -0.4 is 45.4 Å². The molecule has 0 aromatic heterocycles. The Bertz CT molecular complexity index is 3420. The number of anilines is 3. The van der Waals surface area contributed by atoms with Crippen molar-refractivity contribution in [1.82, 2.24) is 0 Å². The lowest BCUT2D eigenvalue weighted by Gasteiger charge is -2.32. The van der Waals surface area contributed by atoms with E-state index < -0.39 is 38.2 Å². The van der Waals surface area contributed by atoms with Gasteiger partial charge in [-0.2, -0.15) is 0 Å². The molecule has 4 aromatic rings. The van der Waals surface area contributed by atoms with Gasteiger partial charge in [0.2, 0.25) is 11.5 Å². The minimum Gasteiger partial charge on any atom is -0.871 e. The molecule has 5 N–H and O–H groups in total. The number of ether oxygens (including phenoxy) is 2. The molecule has 0 fully saturated rings. The van der Waals surface area contributed by atoms with Crippen LogP contribution in [0.3, 0.4) is 0 Å². The van der Waals surface area contributed by atoms with Crippen molar-refractivity contribution >= 4 is 56.2 Å². The number of nitrogens with one attached hydrogen (secondary N) is 3. The van der Waals surface area contributed by atoms with Crippen LogP contribution in [-0.2, 0) is 34.0 Å². The number of aromatic hydroxyl groups is 2. The smallest absolute Gasteiger partial charge is 0.306 e. The van der Waals surface area contributed by atoms with E-state index in [4.69, 9.17) is 19.7 Å². The molecule has 0 aliphatic heterocycles. The number of hydrogen-bond acceptors (Lipinski definition) is 16. The number of allylic oxidation sites excluding steroid dienone is 7. The zero-order valence-electron chi connectivity index (χ0n) is 73.4. The molecule has 4 aromatic carbocycles. The summed E-state index contributed by atoms with van der Waals surface area (Å²) in [7, 11) is -4.35. The molecule has 2 aliphatic carbocycles. The molecule has 634 valence electrons. The minimum absolute atomic E-state index is 0.0917. The summed E-state index contributed by atoms with van der Waals surface area (Å²) in [4.78, 5) is 68.4. The van der Waals surface area contributed by atoms with Crippen molar-refractivity contribution in [3.63, 3.8) is 0 Å². The molecule has 0 radical (unpaired) electrons. The van der Waals surface area contributed by atoms with Crippen LogP contribution in [0, 0.1) is 0 Å². The average molecular weight is 1590 g/mol. The predicted octanol–water partition coefficient (Wildman–Crippen LogP) is 12.4. The molecule has 0 bridgehead atoms. The maximum atomic E-state index is 13.1. The number of rotatable bonds is 42. The summed E-state index contributed by atoms with van der Waals surface area (Å²) in [5.74, 6) is -3.12. The molecule has 112 heavy (non-hydrogen) atoms. The highest BCUT2D eigenvalue weighted by Gasteiger charge is 2.31. The Morgan fingerprint density at radius 2 is 0.750 bits per heavy atom. The molecule has 21 heteroatoms. The second-order valence-corrected chi connectivity index (χ2v) is 31.9. The van der Waals surface area contributed by atoms with Gasteiger partial charge in [0.25, 0.3) is 10.9 Å². The van der Waals surface area contributed by atoms with Crippen molar-refractivity contribution in [2.45, 2.75) is 285 Å². The number of carbonyl (C=O) groups excluding carboxylic acids is 3. The Kier molecular flexibility index (Phi) is 56.2. The van der Waals surface area contributed by atoms with Gasteiger partial charge in [0.15, 0.2) is 11.5 Å². The molecule has 0 unspecified atom stereocenters. The first-order valence-corrected chi connectivity index (χ1v) is 43.9. The number of para-hydroxylation sites is 2. The molecule has 2 aliphatic rings. The number of Topliss-reactive ketones (excluding diaryl/α,β-unsaturated/α-hetero) is 1. The Labute approximate surface area is 678 Å². The number of hydrogen-bond donors (Lipinski definition) is 5. The Hall–Kier alpha value is -7.43. The first kappa shape index (κ1) is 105. The van der Waals surface area contributed by atoms with E-state index >= 15 is 0 Å². The van der Waals surface area contributed by atoms with Crippen molar-refractivity contribution in [3.8, 4) is 11.5 Å². The number of esters is 2. The SMILES string of the molecule is CCCCN(CCCC(=O)OCC)c1ccccc1.CCCCN(CCCC)c1ccc(C2=C([O-])C(=C3C=CC(=[N+](CCCC(=O)OCC)CCCS(=O)(=O)[O-])C=C3)C2=O)cc1.CCCCN(CCCC)c1ccccc1.CC[NH+](C(C)C)C(C)C.CC[NH+](C(C)C)C(C)C.CC[NH+](C(C)C)C(C)C.O=c1c(O)c(O)c1=O. The number of benzene rings is 3. The summed E-state index contributed by atoms with van der Waals surface area (Å²) in [5, 5.41) is 29.6. The third-order valence-electron chi connectivity index (χ3n) is 19.7. The van der Waals surface area contributed by atoms with Gasteiger partial charge in [-0.05, 0) is 216 Å². The monoisotopic (exact) mass is 1580 g/mol. The zero-order valence-corrected chi connectivity index (χ0v) is 74.3. The number of nitrogens with zero attached hydrogens (tertiary/aromatic N) is 4. The molecule has 0 saturated carbocycles. The first-order valence-electron chi connectivity index (χ1n) is 42.3. The first-order chi connectivity index (χ1) is 53.2. The van der Waals surface area contributed by atoms with Gasteiger partial charge in [-0.1, -0.05) is 121 Å². The predicted molar refractivity (Wildman–Crippen MR) is 464 cm³/mol.